The smallest absolute Gasteiger partial charge is 0.262 e. The molecule has 160 valence electrons. The van der Waals surface area contributed by atoms with Crippen LogP contribution >= 0.6 is 11.8 Å². The number of ether oxygens (including phenoxy) is 1. The van der Waals surface area contributed by atoms with Crippen LogP contribution in [0, 0.1) is 0 Å². The van der Waals surface area contributed by atoms with Gasteiger partial charge in [0.2, 0.25) is 5.89 Å². The first-order valence-corrected chi connectivity index (χ1v) is 11.0. The zero-order valence-electron chi connectivity index (χ0n) is 17.9. The van der Waals surface area contributed by atoms with Crippen LogP contribution < -0.4 is 10.3 Å². The first-order chi connectivity index (χ1) is 15.0. The first-order valence-electron chi connectivity index (χ1n) is 10.1. The molecule has 0 radical (unpaired) electrons. The quantitative estimate of drug-likeness (QED) is 0.304. The van der Waals surface area contributed by atoms with E-state index in [9.17, 15) is 4.79 Å². The summed E-state index contributed by atoms with van der Waals surface area (Å²) in [6.07, 6.45) is 0. The molecule has 7 nitrogen and oxygen atoms in total. The second-order valence-corrected chi connectivity index (χ2v) is 8.86. The van der Waals surface area contributed by atoms with Crippen molar-refractivity contribution in [2.24, 2.45) is 0 Å². The molecule has 0 amide bonds. The van der Waals surface area contributed by atoms with Crippen LogP contribution in [0.4, 0.5) is 0 Å². The van der Waals surface area contributed by atoms with Gasteiger partial charge in [0, 0.05) is 5.92 Å². The van der Waals surface area contributed by atoms with Gasteiger partial charge in [0.25, 0.3) is 5.56 Å². The molecule has 2 aromatic heterocycles. The normalized spacial score (nSPS) is 12.4. The van der Waals surface area contributed by atoms with Crippen LogP contribution in [0.3, 0.4) is 0 Å². The maximum Gasteiger partial charge on any atom is 0.262 e. The molecule has 4 aromatic rings. The number of methoxy groups -OCH3 is 1. The van der Waals surface area contributed by atoms with E-state index in [4.69, 9.17) is 14.2 Å². The van der Waals surface area contributed by atoms with Gasteiger partial charge in [-0.1, -0.05) is 55.0 Å². The molecule has 2 heterocycles. The number of hydrogen-bond donors (Lipinski definition) is 0. The third kappa shape index (κ3) is 4.49. The number of nitrogens with zero attached hydrogens (tertiary/aromatic N) is 4. The number of aromatic nitrogens is 4. The number of para-hydroxylation sites is 1. The molecule has 0 bridgehead atoms. The topological polar surface area (TPSA) is 83.0 Å². The molecule has 8 heteroatoms. The molecule has 2 aromatic carbocycles. The second-order valence-electron chi connectivity index (χ2n) is 7.56. The Kier molecular flexibility index (Phi) is 6.08. The van der Waals surface area contributed by atoms with Crippen LogP contribution in [0.1, 0.15) is 49.2 Å². The van der Waals surface area contributed by atoms with E-state index in [0.717, 1.165) is 11.3 Å². The lowest BCUT2D eigenvalue weighted by Gasteiger charge is -2.15. The molecule has 0 aliphatic heterocycles. The van der Waals surface area contributed by atoms with Crippen molar-refractivity contribution < 1.29 is 9.26 Å². The molecule has 0 N–H and O–H groups in total. The molecular weight excluding hydrogens is 412 g/mol. The minimum atomic E-state index is -0.157. The summed E-state index contributed by atoms with van der Waals surface area (Å²) in [5.74, 6) is 2.15. The molecule has 1 atom stereocenters. The van der Waals surface area contributed by atoms with Gasteiger partial charge in [-0.2, -0.15) is 4.98 Å². The van der Waals surface area contributed by atoms with E-state index < -0.39 is 0 Å². The molecule has 31 heavy (non-hydrogen) atoms. The van der Waals surface area contributed by atoms with Gasteiger partial charge in [-0.25, -0.2) is 4.98 Å². The molecule has 0 fully saturated rings. The summed E-state index contributed by atoms with van der Waals surface area (Å²) in [7, 11) is 1.63. The van der Waals surface area contributed by atoms with Gasteiger partial charge in [0.15, 0.2) is 11.0 Å². The fourth-order valence-corrected chi connectivity index (χ4v) is 4.08. The van der Waals surface area contributed by atoms with E-state index >= 15 is 0 Å². The number of thioether (sulfide) groups is 1. The van der Waals surface area contributed by atoms with Crippen LogP contribution in [0.25, 0.3) is 10.9 Å². The van der Waals surface area contributed by atoms with Crippen LogP contribution in [-0.4, -0.2) is 26.8 Å². The SMILES string of the molecule is COc1ccc(Cn2c(SC(C)c3nc(C(C)C)no3)nc3ccccc3c2=O)cc1. The van der Waals surface area contributed by atoms with Gasteiger partial charge in [-0.15, -0.1) is 0 Å². The Morgan fingerprint density at radius 3 is 2.48 bits per heavy atom. The van der Waals surface area contributed by atoms with Crippen molar-refractivity contribution in [3.63, 3.8) is 0 Å². The molecule has 0 saturated heterocycles. The minimum Gasteiger partial charge on any atom is -0.497 e. The summed E-state index contributed by atoms with van der Waals surface area (Å²) >= 11 is 1.44. The molecule has 0 saturated carbocycles. The predicted octanol–water partition coefficient (Wildman–Crippen LogP) is 4.81. The number of hydrogen-bond acceptors (Lipinski definition) is 7. The van der Waals surface area contributed by atoms with Crippen molar-refractivity contribution in [3.8, 4) is 5.75 Å². The third-order valence-electron chi connectivity index (χ3n) is 4.93. The van der Waals surface area contributed by atoms with Crippen molar-refractivity contribution >= 4 is 22.7 Å². The Labute approximate surface area is 184 Å². The van der Waals surface area contributed by atoms with Gasteiger partial charge in [-0.3, -0.25) is 9.36 Å². The Balaban J connectivity index is 1.73. The standard InChI is InChI=1S/C23H24N4O3S/c1-14(2)20-25-21(30-26-20)15(3)31-23-24-19-8-6-5-7-18(19)22(28)27(23)13-16-9-11-17(29-4)12-10-16/h5-12,14-15H,13H2,1-4H3. The average molecular weight is 437 g/mol. The largest absolute Gasteiger partial charge is 0.497 e. The number of fused-ring (bicyclic) bond motifs is 1. The summed E-state index contributed by atoms with van der Waals surface area (Å²) in [4.78, 5) is 22.6. The highest BCUT2D eigenvalue weighted by Crippen LogP contribution is 2.33. The number of rotatable bonds is 7. The van der Waals surface area contributed by atoms with E-state index in [1.807, 2.05) is 63.2 Å². The monoisotopic (exact) mass is 436 g/mol. The fraction of sp³-hybridized carbons (Fsp3) is 0.304. The van der Waals surface area contributed by atoms with Crippen LogP contribution in [0.2, 0.25) is 0 Å². The summed E-state index contributed by atoms with van der Waals surface area (Å²) in [5.41, 5.74) is 1.57. The van der Waals surface area contributed by atoms with Crippen LogP contribution in [0.15, 0.2) is 63.0 Å². The highest BCUT2D eigenvalue weighted by Gasteiger charge is 2.21. The Morgan fingerprint density at radius 1 is 1.06 bits per heavy atom. The third-order valence-corrected chi connectivity index (χ3v) is 6.01. The lowest BCUT2D eigenvalue weighted by molar-refractivity contribution is 0.372. The minimum absolute atomic E-state index is 0.0792. The highest BCUT2D eigenvalue weighted by molar-refractivity contribution is 7.99. The zero-order chi connectivity index (χ0) is 22.0. The molecule has 1 unspecified atom stereocenters. The highest BCUT2D eigenvalue weighted by atomic mass is 32.2. The first kappa shape index (κ1) is 21.1. The summed E-state index contributed by atoms with van der Waals surface area (Å²) in [5, 5.41) is 5.09. The van der Waals surface area contributed by atoms with E-state index in [0.29, 0.717) is 34.3 Å². The Morgan fingerprint density at radius 2 is 1.81 bits per heavy atom. The van der Waals surface area contributed by atoms with Crippen molar-refractivity contribution in [1.29, 1.82) is 0 Å². The van der Waals surface area contributed by atoms with Crippen molar-refractivity contribution in [3.05, 3.63) is 76.2 Å². The van der Waals surface area contributed by atoms with E-state index in [1.165, 1.54) is 11.8 Å². The molecule has 0 aliphatic carbocycles. The van der Waals surface area contributed by atoms with Gasteiger partial charge in [-0.05, 0) is 36.8 Å². The maximum atomic E-state index is 13.3. The Bertz CT molecular complexity index is 1250. The van der Waals surface area contributed by atoms with E-state index in [2.05, 4.69) is 10.1 Å². The van der Waals surface area contributed by atoms with Crippen LogP contribution in [0.5, 0.6) is 5.75 Å². The Hall–Kier alpha value is -3.13. The predicted molar refractivity (Wildman–Crippen MR) is 121 cm³/mol. The maximum absolute atomic E-state index is 13.3. The summed E-state index contributed by atoms with van der Waals surface area (Å²) in [6, 6.07) is 15.1. The summed E-state index contributed by atoms with van der Waals surface area (Å²) in [6.45, 7) is 6.41. The van der Waals surface area contributed by atoms with Gasteiger partial charge < -0.3 is 9.26 Å². The van der Waals surface area contributed by atoms with Crippen molar-refractivity contribution in [2.75, 3.05) is 7.11 Å². The van der Waals surface area contributed by atoms with Gasteiger partial charge >= 0.3 is 0 Å². The fourth-order valence-electron chi connectivity index (χ4n) is 3.15. The molecular formula is C23H24N4O3S. The molecule has 4 rings (SSSR count). The second kappa shape index (κ2) is 8.93. The van der Waals surface area contributed by atoms with Gasteiger partial charge in [0.1, 0.15) is 5.75 Å². The zero-order valence-corrected chi connectivity index (χ0v) is 18.7. The van der Waals surface area contributed by atoms with Crippen molar-refractivity contribution in [1.82, 2.24) is 19.7 Å². The van der Waals surface area contributed by atoms with E-state index in [-0.39, 0.29) is 16.7 Å². The summed E-state index contributed by atoms with van der Waals surface area (Å²) < 4.78 is 12.4. The van der Waals surface area contributed by atoms with Crippen LogP contribution in [-0.2, 0) is 6.54 Å². The average Bonchev–Trinajstić information content (AvgIpc) is 3.28. The molecule has 0 aliphatic rings. The molecule has 0 spiro atoms. The number of benzene rings is 2. The lowest BCUT2D eigenvalue weighted by atomic mass is 10.2. The van der Waals surface area contributed by atoms with Crippen molar-refractivity contribution in [2.45, 2.75) is 43.6 Å². The van der Waals surface area contributed by atoms with E-state index in [1.54, 1.807) is 17.7 Å². The van der Waals surface area contributed by atoms with Gasteiger partial charge in [0.05, 0.1) is 29.8 Å². The lowest BCUT2D eigenvalue weighted by Crippen LogP contribution is -2.24.